The molecule has 0 aromatic rings. The summed E-state index contributed by atoms with van der Waals surface area (Å²) in [4.78, 5) is 0. The summed E-state index contributed by atoms with van der Waals surface area (Å²) in [6.45, 7) is 6.04. The topological polar surface area (TPSA) is 12.0 Å². The predicted octanol–water partition coefficient (Wildman–Crippen LogP) is 3.74. The molecule has 0 bridgehead atoms. The third-order valence-electron chi connectivity index (χ3n) is 4.81. The van der Waals surface area contributed by atoms with Crippen LogP contribution in [0, 0.1) is 11.3 Å². The van der Waals surface area contributed by atoms with Gasteiger partial charge < -0.3 is 5.32 Å². The van der Waals surface area contributed by atoms with E-state index in [0.717, 1.165) is 12.0 Å². The molecule has 0 spiro atoms. The number of nitrogens with one attached hydrogen (secondary N) is 1. The van der Waals surface area contributed by atoms with Crippen LogP contribution in [0.25, 0.3) is 0 Å². The predicted molar refractivity (Wildman–Crippen MR) is 66.0 cm³/mol. The zero-order chi connectivity index (χ0) is 10.7. The molecule has 1 heteroatoms. The highest BCUT2D eigenvalue weighted by molar-refractivity contribution is 4.96. The molecule has 0 aromatic heterocycles. The van der Waals surface area contributed by atoms with Gasteiger partial charge >= 0.3 is 0 Å². The number of hydrogen-bond acceptors (Lipinski definition) is 1. The molecular formula is C14H27N. The van der Waals surface area contributed by atoms with E-state index >= 15 is 0 Å². The van der Waals surface area contributed by atoms with Gasteiger partial charge in [0.05, 0.1) is 0 Å². The quantitative estimate of drug-likeness (QED) is 0.727. The molecule has 1 atom stereocenters. The monoisotopic (exact) mass is 209 g/mol. The van der Waals surface area contributed by atoms with E-state index in [2.05, 4.69) is 19.2 Å². The van der Waals surface area contributed by atoms with Gasteiger partial charge in [-0.1, -0.05) is 39.0 Å². The van der Waals surface area contributed by atoms with E-state index in [-0.39, 0.29) is 0 Å². The lowest BCUT2D eigenvalue weighted by atomic mass is 9.87. The van der Waals surface area contributed by atoms with Crippen LogP contribution in [-0.4, -0.2) is 12.6 Å². The van der Waals surface area contributed by atoms with E-state index in [0.29, 0.717) is 5.41 Å². The minimum absolute atomic E-state index is 0.645. The van der Waals surface area contributed by atoms with Gasteiger partial charge in [-0.25, -0.2) is 0 Å². The lowest BCUT2D eigenvalue weighted by molar-refractivity contribution is 0.311. The average Bonchev–Trinajstić information content (AvgIpc) is 2.99. The van der Waals surface area contributed by atoms with E-state index < -0.39 is 0 Å². The fraction of sp³-hybridized carbons (Fsp3) is 1.00. The van der Waals surface area contributed by atoms with Gasteiger partial charge in [0.2, 0.25) is 0 Å². The van der Waals surface area contributed by atoms with E-state index in [9.17, 15) is 0 Å². The highest BCUT2D eigenvalue weighted by Crippen LogP contribution is 2.47. The first-order chi connectivity index (χ1) is 7.21. The molecule has 1 N–H and O–H groups in total. The molecule has 2 rings (SSSR count). The fourth-order valence-electron chi connectivity index (χ4n) is 2.86. The third kappa shape index (κ3) is 3.21. The van der Waals surface area contributed by atoms with Gasteiger partial charge in [0.25, 0.3) is 0 Å². The smallest absolute Gasteiger partial charge is 0.00925 e. The van der Waals surface area contributed by atoms with E-state index in [1.807, 2.05) is 0 Å². The highest BCUT2D eigenvalue weighted by Gasteiger charge is 2.42. The first-order valence-corrected chi connectivity index (χ1v) is 6.94. The normalized spacial score (nSPS) is 27.6. The van der Waals surface area contributed by atoms with Crippen LogP contribution in [0.15, 0.2) is 0 Å². The Kier molecular flexibility index (Phi) is 3.71. The molecule has 0 aliphatic heterocycles. The van der Waals surface area contributed by atoms with Crippen LogP contribution in [0.3, 0.4) is 0 Å². The third-order valence-corrected chi connectivity index (χ3v) is 4.81. The van der Waals surface area contributed by atoms with Crippen molar-refractivity contribution in [3.8, 4) is 0 Å². The second-order valence-electron chi connectivity index (χ2n) is 6.12. The van der Waals surface area contributed by atoms with Gasteiger partial charge in [-0.15, -0.1) is 0 Å². The summed E-state index contributed by atoms with van der Waals surface area (Å²) in [5.41, 5.74) is 0.645. The van der Waals surface area contributed by atoms with Gasteiger partial charge in [0.15, 0.2) is 0 Å². The molecule has 1 unspecified atom stereocenters. The second kappa shape index (κ2) is 4.86. The zero-order valence-corrected chi connectivity index (χ0v) is 10.5. The van der Waals surface area contributed by atoms with Crippen LogP contribution >= 0.6 is 0 Å². The maximum Gasteiger partial charge on any atom is 0.00925 e. The Morgan fingerprint density at radius 2 is 1.87 bits per heavy atom. The maximum absolute atomic E-state index is 3.73. The van der Waals surface area contributed by atoms with Gasteiger partial charge in [-0.3, -0.25) is 0 Å². The molecule has 0 heterocycles. The standard InChI is InChI=1S/C14H27N/c1-12(14(2)9-10-14)15-11-8-13-6-4-3-5-7-13/h12-13,15H,3-11H2,1-2H3. The molecule has 2 aliphatic rings. The molecule has 88 valence electrons. The molecule has 0 amide bonds. The highest BCUT2D eigenvalue weighted by atomic mass is 14.9. The van der Waals surface area contributed by atoms with Crippen molar-refractivity contribution in [2.24, 2.45) is 11.3 Å². The molecule has 2 fully saturated rings. The first kappa shape index (κ1) is 11.4. The Balaban J connectivity index is 1.57. The molecule has 15 heavy (non-hydrogen) atoms. The lowest BCUT2D eigenvalue weighted by Crippen LogP contribution is -2.34. The SMILES string of the molecule is CC(NCCC1CCCCC1)C1(C)CC1. The summed E-state index contributed by atoms with van der Waals surface area (Å²) in [7, 11) is 0. The molecule has 0 saturated heterocycles. The Labute approximate surface area is 95.0 Å². The molecular weight excluding hydrogens is 182 g/mol. The van der Waals surface area contributed by atoms with Crippen LogP contribution in [0.1, 0.15) is 65.2 Å². The van der Waals surface area contributed by atoms with Gasteiger partial charge in [-0.05, 0) is 44.1 Å². The van der Waals surface area contributed by atoms with Crippen LogP contribution in [-0.2, 0) is 0 Å². The first-order valence-electron chi connectivity index (χ1n) is 6.94. The van der Waals surface area contributed by atoms with Crippen molar-refractivity contribution in [1.29, 1.82) is 0 Å². The van der Waals surface area contributed by atoms with Crippen molar-refractivity contribution in [3.05, 3.63) is 0 Å². The Bertz CT molecular complexity index is 190. The van der Waals surface area contributed by atoms with E-state index in [1.165, 1.54) is 57.9 Å². The second-order valence-corrected chi connectivity index (χ2v) is 6.12. The molecule has 1 nitrogen and oxygen atoms in total. The van der Waals surface area contributed by atoms with Crippen molar-refractivity contribution in [2.45, 2.75) is 71.3 Å². The molecule has 0 aromatic carbocycles. The minimum atomic E-state index is 0.645. The summed E-state index contributed by atoms with van der Waals surface area (Å²) < 4.78 is 0. The lowest BCUT2D eigenvalue weighted by Gasteiger charge is -2.24. The van der Waals surface area contributed by atoms with E-state index in [4.69, 9.17) is 0 Å². The maximum atomic E-state index is 3.73. The van der Waals surface area contributed by atoms with Crippen molar-refractivity contribution >= 4 is 0 Å². The van der Waals surface area contributed by atoms with Crippen molar-refractivity contribution in [2.75, 3.05) is 6.54 Å². The zero-order valence-electron chi connectivity index (χ0n) is 10.5. The van der Waals surface area contributed by atoms with E-state index in [1.54, 1.807) is 0 Å². The van der Waals surface area contributed by atoms with Gasteiger partial charge in [-0.2, -0.15) is 0 Å². The number of hydrogen-bond donors (Lipinski definition) is 1. The molecule has 2 aliphatic carbocycles. The summed E-state index contributed by atoms with van der Waals surface area (Å²) in [5.74, 6) is 1.03. The average molecular weight is 209 g/mol. The summed E-state index contributed by atoms with van der Waals surface area (Å²) >= 11 is 0. The van der Waals surface area contributed by atoms with Crippen LogP contribution < -0.4 is 5.32 Å². The van der Waals surface area contributed by atoms with Crippen molar-refractivity contribution in [3.63, 3.8) is 0 Å². The summed E-state index contributed by atoms with van der Waals surface area (Å²) in [6, 6.07) is 0.737. The Morgan fingerprint density at radius 1 is 1.20 bits per heavy atom. The van der Waals surface area contributed by atoms with Gasteiger partial charge in [0.1, 0.15) is 0 Å². The Hall–Kier alpha value is -0.0400. The van der Waals surface area contributed by atoms with Crippen molar-refractivity contribution < 1.29 is 0 Å². The fourth-order valence-corrected chi connectivity index (χ4v) is 2.86. The largest absolute Gasteiger partial charge is 0.314 e. The summed E-state index contributed by atoms with van der Waals surface area (Å²) in [5, 5.41) is 3.73. The van der Waals surface area contributed by atoms with Gasteiger partial charge in [0, 0.05) is 6.04 Å². The van der Waals surface area contributed by atoms with Crippen molar-refractivity contribution in [1.82, 2.24) is 5.32 Å². The number of rotatable bonds is 5. The molecule has 0 radical (unpaired) electrons. The van der Waals surface area contributed by atoms with Crippen LogP contribution in [0.5, 0.6) is 0 Å². The Morgan fingerprint density at radius 3 is 2.47 bits per heavy atom. The summed E-state index contributed by atoms with van der Waals surface area (Å²) in [6.07, 6.45) is 11.7. The minimum Gasteiger partial charge on any atom is -0.314 e. The van der Waals surface area contributed by atoms with Crippen LogP contribution in [0.4, 0.5) is 0 Å². The van der Waals surface area contributed by atoms with Crippen LogP contribution in [0.2, 0.25) is 0 Å². The molecule has 2 saturated carbocycles.